The number of para-hydroxylation sites is 1. The molecule has 3 nitrogen and oxygen atoms in total. The molecule has 74 valence electrons. The first-order valence-corrected chi connectivity index (χ1v) is 4.85. The summed E-state index contributed by atoms with van der Waals surface area (Å²) in [6, 6.07) is 6.56. The molecule has 2 N–H and O–H groups in total. The van der Waals surface area contributed by atoms with Crippen molar-refractivity contribution in [2.24, 2.45) is 0 Å². The Balaban J connectivity index is 2.64. The smallest absolute Gasteiger partial charge is 0.104 e. The second-order valence-electron chi connectivity index (χ2n) is 3.58. The van der Waals surface area contributed by atoms with Crippen LogP contribution in [0, 0.1) is 6.92 Å². The van der Waals surface area contributed by atoms with Crippen LogP contribution < -0.4 is 5.32 Å². The molecule has 0 aliphatic rings. The Morgan fingerprint density at radius 3 is 2.93 bits per heavy atom. The van der Waals surface area contributed by atoms with Gasteiger partial charge in [-0.3, -0.25) is 0 Å². The number of aromatic amines is 1. The molecule has 14 heavy (non-hydrogen) atoms. The van der Waals surface area contributed by atoms with Crippen molar-refractivity contribution in [2.75, 3.05) is 7.05 Å². The summed E-state index contributed by atoms with van der Waals surface area (Å²) < 4.78 is 0. The number of rotatable bonds is 2. The molecule has 0 fully saturated rings. The van der Waals surface area contributed by atoms with Crippen LogP contribution in [0.5, 0.6) is 0 Å². The van der Waals surface area contributed by atoms with E-state index in [1.165, 1.54) is 5.56 Å². The minimum absolute atomic E-state index is 0.335. The topological polar surface area (TPSA) is 40.7 Å². The van der Waals surface area contributed by atoms with Crippen LogP contribution in [0.3, 0.4) is 0 Å². The van der Waals surface area contributed by atoms with Gasteiger partial charge in [-0.25, -0.2) is 4.98 Å². The van der Waals surface area contributed by atoms with Gasteiger partial charge in [0.25, 0.3) is 0 Å². The second kappa shape index (κ2) is 3.42. The van der Waals surface area contributed by atoms with Gasteiger partial charge in [-0.1, -0.05) is 12.1 Å². The normalized spacial score (nSPS) is 13.4. The van der Waals surface area contributed by atoms with Crippen molar-refractivity contribution in [3.05, 3.63) is 29.6 Å². The fourth-order valence-electron chi connectivity index (χ4n) is 1.68. The van der Waals surface area contributed by atoms with E-state index in [1.807, 2.05) is 14.0 Å². The van der Waals surface area contributed by atoms with Crippen molar-refractivity contribution in [3.63, 3.8) is 0 Å². The van der Waals surface area contributed by atoms with Gasteiger partial charge in [0.2, 0.25) is 0 Å². The van der Waals surface area contributed by atoms with Gasteiger partial charge < -0.3 is 10.3 Å². The number of imidazole rings is 1. The Hall–Kier alpha value is -1.35. The van der Waals surface area contributed by atoms with Gasteiger partial charge in [0.15, 0.2) is 0 Å². The summed E-state index contributed by atoms with van der Waals surface area (Å²) in [4.78, 5) is 7.73. The van der Waals surface area contributed by atoms with Crippen molar-refractivity contribution in [1.82, 2.24) is 15.3 Å². The van der Waals surface area contributed by atoms with Gasteiger partial charge >= 0.3 is 0 Å². The third-order valence-electron chi connectivity index (χ3n) is 2.56. The van der Waals surface area contributed by atoms with E-state index in [2.05, 4.69) is 40.4 Å². The minimum atomic E-state index is 0.335. The van der Waals surface area contributed by atoms with Crippen molar-refractivity contribution in [3.8, 4) is 0 Å². The zero-order chi connectivity index (χ0) is 10.1. The summed E-state index contributed by atoms with van der Waals surface area (Å²) in [5.74, 6) is 0.968. The van der Waals surface area contributed by atoms with Crippen LogP contribution in [0.25, 0.3) is 11.0 Å². The highest BCUT2D eigenvalue weighted by Crippen LogP contribution is 2.21. The Labute approximate surface area is 83.6 Å². The zero-order valence-corrected chi connectivity index (χ0v) is 8.76. The number of fused-ring (bicyclic) bond motifs is 1. The van der Waals surface area contributed by atoms with Crippen LogP contribution >= 0.6 is 0 Å². The van der Waals surface area contributed by atoms with E-state index >= 15 is 0 Å². The van der Waals surface area contributed by atoms with Crippen LogP contribution in [0.1, 0.15) is 24.4 Å². The number of nitrogens with zero attached hydrogens (tertiary/aromatic N) is 1. The highest BCUT2D eigenvalue weighted by Gasteiger charge is 2.09. The van der Waals surface area contributed by atoms with E-state index in [4.69, 9.17) is 0 Å². The molecular formula is C11H15N3. The third kappa shape index (κ3) is 1.40. The van der Waals surface area contributed by atoms with Gasteiger partial charge in [0, 0.05) is 6.04 Å². The molecule has 1 unspecified atom stereocenters. The Kier molecular flexibility index (Phi) is 2.25. The lowest BCUT2D eigenvalue weighted by Gasteiger charge is -2.10. The maximum absolute atomic E-state index is 4.49. The molecule has 2 rings (SSSR count). The van der Waals surface area contributed by atoms with Crippen molar-refractivity contribution in [1.29, 1.82) is 0 Å². The Morgan fingerprint density at radius 1 is 1.43 bits per heavy atom. The fourth-order valence-corrected chi connectivity index (χ4v) is 1.68. The summed E-state index contributed by atoms with van der Waals surface area (Å²) in [5, 5.41) is 3.23. The molecule has 1 heterocycles. The molecule has 0 saturated heterocycles. The van der Waals surface area contributed by atoms with Crippen LogP contribution in [0.2, 0.25) is 0 Å². The van der Waals surface area contributed by atoms with E-state index in [0.29, 0.717) is 6.04 Å². The molecular weight excluding hydrogens is 174 g/mol. The van der Waals surface area contributed by atoms with Crippen LogP contribution in [-0.2, 0) is 0 Å². The SMILES string of the molecule is CNC(C)c1cccc2[nH]c(C)nc12. The predicted octanol–water partition coefficient (Wildman–Crippen LogP) is 2.15. The van der Waals surface area contributed by atoms with Crippen LogP contribution in [0.4, 0.5) is 0 Å². The maximum Gasteiger partial charge on any atom is 0.104 e. The van der Waals surface area contributed by atoms with Crippen LogP contribution in [-0.4, -0.2) is 17.0 Å². The number of hydrogen-bond donors (Lipinski definition) is 2. The maximum atomic E-state index is 4.49. The first kappa shape index (κ1) is 9.21. The summed E-state index contributed by atoms with van der Waals surface area (Å²) in [7, 11) is 1.96. The third-order valence-corrected chi connectivity index (χ3v) is 2.56. The summed E-state index contributed by atoms with van der Waals surface area (Å²) in [6.07, 6.45) is 0. The van der Waals surface area contributed by atoms with E-state index in [0.717, 1.165) is 16.9 Å². The molecule has 2 aromatic rings. The average Bonchev–Trinajstić information content (AvgIpc) is 2.56. The molecule has 1 atom stereocenters. The largest absolute Gasteiger partial charge is 0.342 e. The number of hydrogen-bond acceptors (Lipinski definition) is 2. The van der Waals surface area contributed by atoms with Gasteiger partial charge in [-0.05, 0) is 32.5 Å². The highest BCUT2D eigenvalue weighted by molar-refractivity contribution is 5.79. The summed E-state index contributed by atoms with van der Waals surface area (Å²) in [5.41, 5.74) is 3.43. The number of benzene rings is 1. The van der Waals surface area contributed by atoms with Gasteiger partial charge in [0.05, 0.1) is 11.0 Å². The van der Waals surface area contributed by atoms with Gasteiger partial charge in [-0.2, -0.15) is 0 Å². The zero-order valence-electron chi connectivity index (χ0n) is 8.76. The van der Waals surface area contributed by atoms with Gasteiger partial charge in [0.1, 0.15) is 5.82 Å². The molecule has 1 aromatic carbocycles. The molecule has 0 aliphatic carbocycles. The van der Waals surface area contributed by atoms with E-state index in [9.17, 15) is 0 Å². The van der Waals surface area contributed by atoms with Crippen molar-refractivity contribution in [2.45, 2.75) is 19.9 Å². The summed E-state index contributed by atoms with van der Waals surface area (Å²) >= 11 is 0. The molecule has 0 bridgehead atoms. The Morgan fingerprint density at radius 2 is 2.21 bits per heavy atom. The van der Waals surface area contributed by atoms with Crippen LogP contribution in [0.15, 0.2) is 18.2 Å². The lowest BCUT2D eigenvalue weighted by molar-refractivity contribution is 0.656. The van der Waals surface area contributed by atoms with Gasteiger partial charge in [-0.15, -0.1) is 0 Å². The lowest BCUT2D eigenvalue weighted by Crippen LogP contribution is -2.12. The quantitative estimate of drug-likeness (QED) is 0.760. The number of aryl methyl sites for hydroxylation is 1. The van der Waals surface area contributed by atoms with Crippen molar-refractivity contribution >= 4 is 11.0 Å². The first-order valence-electron chi connectivity index (χ1n) is 4.85. The number of aromatic nitrogens is 2. The molecule has 3 heteroatoms. The van der Waals surface area contributed by atoms with Crippen molar-refractivity contribution < 1.29 is 0 Å². The average molecular weight is 189 g/mol. The standard InChI is InChI=1S/C11H15N3/c1-7(12-3)9-5-4-6-10-11(9)14-8(2)13-10/h4-7,12H,1-3H3,(H,13,14). The molecule has 0 aliphatic heterocycles. The monoisotopic (exact) mass is 189 g/mol. The fraction of sp³-hybridized carbons (Fsp3) is 0.364. The molecule has 0 amide bonds. The molecule has 0 radical (unpaired) electrons. The minimum Gasteiger partial charge on any atom is -0.342 e. The first-order chi connectivity index (χ1) is 6.72. The second-order valence-corrected chi connectivity index (χ2v) is 3.58. The highest BCUT2D eigenvalue weighted by atomic mass is 14.9. The van der Waals surface area contributed by atoms with E-state index in [1.54, 1.807) is 0 Å². The molecule has 0 spiro atoms. The van der Waals surface area contributed by atoms with E-state index < -0.39 is 0 Å². The molecule has 1 aromatic heterocycles. The predicted molar refractivity (Wildman–Crippen MR) is 58.3 cm³/mol. The molecule has 0 saturated carbocycles. The Bertz CT molecular complexity index is 445. The number of nitrogens with one attached hydrogen (secondary N) is 2. The van der Waals surface area contributed by atoms with E-state index in [-0.39, 0.29) is 0 Å². The lowest BCUT2D eigenvalue weighted by atomic mass is 10.1. The summed E-state index contributed by atoms with van der Waals surface area (Å²) in [6.45, 7) is 4.12. The number of H-pyrrole nitrogens is 1.